The van der Waals surface area contributed by atoms with Crippen molar-refractivity contribution in [1.29, 1.82) is 0 Å². The summed E-state index contributed by atoms with van der Waals surface area (Å²) < 4.78 is 10.9. The molecule has 158 valence electrons. The highest BCUT2D eigenvalue weighted by molar-refractivity contribution is 5.98. The topological polar surface area (TPSA) is 84.9 Å². The van der Waals surface area contributed by atoms with E-state index in [0.717, 1.165) is 37.7 Å². The van der Waals surface area contributed by atoms with Gasteiger partial charge < -0.3 is 19.7 Å². The fraction of sp³-hybridized carbons (Fsp3) is 0.591. The van der Waals surface area contributed by atoms with Gasteiger partial charge in [0.1, 0.15) is 5.75 Å². The molecule has 0 unspecified atom stereocenters. The van der Waals surface area contributed by atoms with Gasteiger partial charge in [-0.3, -0.25) is 14.4 Å². The van der Waals surface area contributed by atoms with E-state index in [0.29, 0.717) is 17.9 Å². The van der Waals surface area contributed by atoms with Crippen molar-refractivity contribution in [3.8, 4) is 5.75 Å². The number of nitrogens with zero attached hydrogens (tertiary/aromatic N) is 1. The van der Waals surface area contributed by atoms with Gasteiger partial charge in [-0.1, -0.05) is 32.3 Å². The second kappa shape index (κ2) is 9.76. The first-order valence-corrected chi connectivity index (χ1v) is 10.5. The van der Waals surface area contributed by atoms with Crippen LogP contribution >= 0.6 is 0 Å². The Balaban J connectivity index is 1.57. The quantitative estimate of drug-likeness (QED) is 0.676. The molecule has 0 aromatic heterocycles. The molecule has 1 aliphatic carbocycles. The van der Waals surface area contributed by atoms with Crippen LogP contribution in [0.2, 0.25) is 0 Å². The van der Waals surface area contributed by atoms with Crippen molar-refractivity contribution >= 4 is 23.5 Å². The first-order valence-electron chi connectivity index (χ1n) is 10.5. The minimum atomic E-state index is -0.775. The first kappa shape index (κ1) is 21.1. The number of esters is 1. The summed E-state index contributed by atoms with van der Waals surface area (Å²) in [6, 6.07) is 5.80. The van der Waals surface area contributed by atoms with Gasteiger partial charge in [0.25, 0.3) is 11.8 Å². The maximum Gasteiger partial charge on any atom is 0.308 e. The number of amides is 2. The molecule has 1 aromatic rings. The number of hydrogen-bond acceptors (Lipinski definition) is 5. The lowest BCUT2D eigenvalue weighted by molar-refractivity contribution is -0.156. The first-order chi connectivity index (χ1) is 14.0. The lowest BCUT2D eigenvalue weighted by Gasteiger charge is -2.29. The zero-order chi connectivity index (χ0) is 20.8. The number of aryl methyl sites for hydroxylation is 1. The summed E-state index contributed by atoms with van der Waals surface area (Å²) in [5.74, 6) is -0.252. The van der Waals surface area contributed by atoms with Crippen molar-refractivity contribution in [3.63, 3.8) is 0 Å². The van der Waals surface area contributed by atoms with Gasteiger partial charge in [-0.25, -0.2) is 0 Å². The Hall–Kier alpha value is -2.57. The lowest BCUT2D eigenvalue weighted by atomic mass is 10.1. The fourth-order valence-corrected chi connectivity index (χ4v) is 3.85. The molecule has 0 spiro atoms. The van der Waals surface area contributed by atoms with E-state index >= 15 is 0 Å². The largest absolute Gasteiger partial charge is 0.482 e. The van der Waals surface area contributed by atoms with Crippen LogP contribution in [0.3, 0.4) is 0 Å². The molecule has 3 rings (SSSR count). The molecule has 1 N–H and O–H groups in total. The molecule has 0 radical (unpaired) electrons. The highest BCUT2D eigenvalue weighted by Gasteiger charge is 2.28. The summed E-state index contributed by atoms with van der Waals surface area (Å²) in [4.78, 5) is 38.8. The number of fused-ring (bicyclic) bond motifs is 1. The second-order valence-electron chi connectivity index (χ2n) is 7.81. The molecule has 0 bridgehead atoms. The number of anilines is 1. The SMILES string of the molecule is CCC[C@H](OC(=O)CCN1C(=O)COc2ccc(C)cc21)C(=O)NC1CCCC1. The van der Waals surface area contributed by atoms with Crippen LogP contribution in [0.15, 0.2) is 18.2 Å². The molecule has 1 saturated carbocycles. The Labute approximate surface area is 171 Å². The zero-order valence-electron chi connectivity index (χ0n) is 17.2. The molecule has 2 aliphatic rings. The minimum Gasteiger partial charge on any atom is -0.482 e. The van der Waals surface area contributed by atoms with Crippen molar-refractivity contribution in [1.82, 2.24) is 5.32 Å². The Morgan fingerprint density at radius 3 is 2.79 bits per heavy atom. The maximum atomic E-state index is 12.5. The number of carbonyl (C=O) groups is 3. The molecule has 1 heterocycles. The summed E-state index contributed by atoms with van der Waals surface area (Å²) in [5.41, 5.74) is 1.67. The van der Waals surface area contributed by atoms with E-state index in [1.165, 1.54) is 0 Å². The van der Waals surface area contributed by atoms with E-state index in [2.05, 4.69) is 5.32 Å². The van der Waals surface area contributed by atoms with Crippen LogP contribution in [0, 0.1) is 6.92 Å². The Morgan fingerprint density at radius 1 is 1.31 bits per heavy atom. The second-order valence-corrected chi connectivity index (χ2v) is 7.81. The van der Waals surface area contributed by atoms with Gasteiger partial charge in [0.15, 0.2) is 12.7 Å². The van der Waals surface area contributed by atoms with Crippen LogP contribution < -0.4 is 15.0 Å². The van der Waals surface area contributed by atoms with E-state index in [-0.39, 0.29) is 37.4 Å². The summed E-state index contributed by atoms with van der Waals surface area (Å²) in [6.45, 7) is 4.04. The van der Waals surface area contributed by atoms with Crippen molar-refractivity contribution in [2.75, 3.05) is 18.1 Å². The van der Waals surface area contributed by atoms with Crippen LogP contribution in [0.1, 0.15) is 57.4 Å². The van der Waals surface area contributed by atoms with Crippen molar-refractivity contribution in [2.45, 2.75) is 70.9 Å². The van der Waals surface area contributed by atoms with E-state index in [1.807, 2.05) is 32.0 Å². The van der Waals surface area contributed by atoms with Gasteiger partial charge in [0, 0.05) is 12.6 Å². The van der Waals surface area contributed by atoms with Gasteiger partial charge in [-0.2, -0.15) is 0 Å². The average Bonchev–Trinajstić information content (AvgIpc) is 3.20. The zero-order valence-corrected chi connectivity index (χ0v) is 17.2. The molecule has 1 atom stereocenters. The molecule has 1 fully saturated rings. The molecule has 7 nitrogen and oxygen atoms in total. The molecule has 0 saturated heterocycles. The number of hydrogen-bond donors (Lipinski definition) is 1. The van der Waals surface area contributed by atoms with Gasteiger partial charge in [0.05, 0.1) is 12.1 Å². The third-order valence-corrected chi connectivity index (χ3v) is 5.42. The van der Waals surface area contributed by atoms with E-state index in [9.17, 15) is 14.4 Å². The molecule has 7 heteroatoms. The smallest absolute Gasteiger partial charge is 0.308 e. The number of benzene rings is 1. The lowest BCUT2D eigenvalue weighted by Crippen LogP contribution is -2.43. The van der Waals surface area contributed by atoms with Gasteiger partial charge in [-0.15, -0.1) is 0 Å². The third-order valence-electron chi connectivity index (χ3n) is 5.42. The highest BCUT2D eigenvalue weighted by Crippen LogP contribution is 2.32. The predicted octanol–water partition coefficient (Wildman–Crippen LogP) is 2.88. The standard InChI is InChI=1S/C22H30N2O5/c1-3-6-19(22(27)23-16-7-4-5-8-16)29-21(26)11-12-24-17-13-15(2)9-10-18(17)28-14-20(24)25/h9-10,13,16,19H,3-8,11-12,14H2,1-2H3,(H,23,27)/t19-/m0/s1. The molecule has 1 aliphatic heterocycles. The van der Waals surface area contributed by atoms with Crippen molar-refractivity contribution in [2.24, 2.45) is 0 Å². The molecular formula is C22H30N2O5. The van der Waals surface area contributed by atoms with E-state index in [4.69, 9.17) is 9.47 Å². The fourth-order valence-electron chi connectivity index (χ4n) is 3.85. The van der Waals surface area contributed by atoms with Crippen LogP contribution in [-0.2, 0) is 19.1 Å². The summed E-state index contributed by atoms with van der Waals surface area (Å²) in [5, 5.41) is 3.00. The average molecular weight is 402 g/mol. The summed E-state index contributed by atoms with van der Waals surface area (Å²) in [6.07, 6.45) is 4.69. The Morgan fingerprint density at radius 2 is 2.07 bits per heavy atom. The van der Waals surface area contributed by atoms with Gasteiger partial charge >= 0.3 is 5.97 Å². The van der Waals surface area contributed by atoms with Gasteiger partial charge in [0.2, 0.25) is 0 Å². The number of rotatable bonds is 8. The molecule has 2 amide bonds. The van der Waals surface area contributed by atoms with Crippen molar-refractivity contribution < 1.29 is 23.9 Å². The summed E-state index contributed by atoms with van der Waals surface area (Å²) in [7, 11) is 0. The van der Waals surface area contributed by atoms with E-state index < -0.39 is 12.1 Å². The normalized spacial score (nSPS) is 17.4. The van der Waals surface area contributed by atoms with E-state index in [1.54, 1.807) is 4.90 Å². The number of carbonyl (C=O) groups excluding carboxylic acids is 3. The Bertz CT molecular complexity index is 758. The molecule has 1 aromatic carbocycles. The predicted molar refractivity (Wildman–Crippen MR) is 109 cm³/mol. The third kappa shape index (κ3) is 5.49. The maximum absolute atomic E-state index is 12.5. The van der Waals surface area contributed by atoms with Crippen LogP contribution in [-0.4, -0.2) is 43.1 Å². The van der Waals surface area contributed by atoms with Crippen LogP contribution in [0.25, 0.3) is 0 Å². The van der Waals surface area contributed by atoms with Gasteiger partial charge in [-0.05, 0) is 43.9 Å². The summed E-state index contributed by atoms with van der Waals surface area (Å²) >= 11 is 0. The minimum absolute atomic E-state index is 0.0239. The number of nitrogens with one attached hydrogen (secondary N) is 1. The monoisotopic (exact) mass is 402 g/mol. The van der Waals surface area contributed by atoms with Crippen LogP contribution in [0.4, 0.5) is 5.69 Å². The highest BCUT2D eigenvalue weighted by atomic mass is 16.5. The number of ether oxygens (including phenoxy) is 2. The van der Waals surface area contributed by atoms with Crippen molar-refractivity contribution in [3.05, 3.63) is 23.8 Å². The molecular weight excluding hydrogens is 372 g/mol. The van der Waals surface area contributed by atoms with Crippen LogP contribution in [0.5, 0.6) is 5.75 Å². The Kier molecular flexibility index (Phi) is 7.12. The molecule has 29 heavy (non-hydrogen) atoms.